The van der Waals surface area contributed by atoms with Crippen LogP contribution in [0.4, 0.5) is 0 Å². The summed E-state index contributed by atoms with van der Waals surface area (Å²) in [6, 6.07) is 11.6. The number of ether oxygens (including phenoxy) is 6. The lowest BCUT2D eigenvalue weighted by molar-refractivity contribution is -0.301. The molecule has 5 heterocycles. The van der Waals surface area contributed by atoms with E-state index in [1.807, 2.05) is 0 Å². The maximum atomic E-state index is 10.4. The zero-order valence-corrected chi connectivity index (χ0v) is 33.1. The van der Waals surface area contributed by atoms with Gasteiger partial charge in [-0.05, 0) is 60.6 Å². The van der Waals surface area contributed by atoms with E-state index >= 15 is 0 Å². The molecular formula is C44H49N3O14. The van der Waals surface area contributed by atoms with Gasteiger partial charge in [0.1, 0.15) is 83.5 Å². The van der Waals surface area contributed by atoms with Crippen LogP contribution in [0.5, 0.6) is 17.4 Å². The van der Waals surface area contributed by atoms with Crippen LogP contribution in [-0.2, 0) is 14.2 Å². The minimum absolute atomic E-state index is 0.0815. The number of aliphatic hydroxyl groups excluding tert-OH is 8. The van der Waals surface area contributed by atoms with Crippen molar-refractivity contribution >= 4 is 0 Å². The molecule has 0 bridgehead atoms. The quantitative estimate of drug-likeness (QED) is 0.0507. The van der Waals surface area contributed by atoms with Gasteiger partial charge in [0.25, 0.3) is 0 Å². The van der Waals surface area contributed by atoms with E-state index < -0.39 is 74.4 Å². The van der Waals surface area contributed by atoms with E-state index in [-0.39, 0.29) is 30.3 Å². The van der Waals surface area contributed by atoms with Gasteiger partial charge in [0.05, 0.1) is 39.6 Å². The number of aliphatic hydroxyl groups is 8. The third-order valence-electron chi connectivity index (χ3n) is 9.08. The summed E-state index contributed by atoms with van der Waals surface area (Å²) >= 11 is 0. The van der Waals surface area contributed by atoms with Gasteiger partial charge in [-0.15, -0.1) is 13.2 Å². The summed E-state index contributed by atoms with van der Waals surface area (Å²) in [7, 11) is 0. The first-order valence-corrected chi connectivity index (χ1v) is 19.4. The van der Waals surface area contributed by atoms with E-state index in [1.165, 1.54) is 0 Å². The molecule has 0 spiro atoms. The van der Waals surface area contributed by atoms with Crippen molar-refractivity contribution in [2.75, 3.05) is 39.6 Å². The summed E-state index contributed by atoms with van der Waals surface area (Å²) in [6.07, 6.45) is -8.86. The minimum atomic E-state index is -1.58. The average molecular weight is 844 g/mol. The number of nitrogens with zero attached hydrogens (tertiary/aromatic N) is 3. The zero-order chi connectivity index (χ0) is 43.7. The Morgan fingerprint density at radius 2 is 1.25 bits per heavy atom. The number of pyridine rings is 3. The highest BCUT2D eigenvalue weighted by Gasteiger charge is 2.44. The van der Waals surface area contributed by atoms with Crippen molar-refractivity contribution < 1.29 is 69.3 Å². The van der Waals surface area contributed by atoms with E-state index in [9.17, 15) is 40.9 Å². The highest BCUT2D eigenvalue weighted by molar-refractivity contribution is 5.50. The van der Waals surface area contributed by atoms with Crippen molar-refractivity contribution in [2.24, 2.45) is 0 Å². The summed E-state index contributed by atoms with van der Waals surface area (Å²) in [5.74, 6) is 18.6. The molecular weight excluding hydrogens is 794 g/mol. The number of aromatic nitrogens is 3. The van der Waals surface area contributed by atoms with Gasteiger partial charge in [-0.3, -0.25) is 0 Å². The first-order valence-electron chi connectivity index (χ1n) is 19.4. The monoisotopic (exact) mass is 843 g/mol. The van der Waals surface area contributed by atoms with Crippen molar-refractivity contribution in [2.45, 2.75) is 80.5 Å². The fourth-order valence-electron chi connectivity index (χ4n) is 5.77. The third-order valence-corrected chi connectivity index (χ3v) is 9.08. The first kappa shape index (κ1) is 46.6. The average Bonchev–Trinajstić information content (AvgIpc) is 3.27. The topological polar surface area (TPSA) is 256 Å². The normalized spacial score (nSPS) is 25.6. The molecule has 0 saturated carbocycles. The molecule has 2 fully saturated rings. The van der Waals surface area contributed by atoms with Crippen LogP contribution in [-0.4, -0.2) is 157 Å². The molecule has 8 N–H and O–H groups in total. The molecule has 3 aromatic rings. The van der Waals surface area contributed by atoms with Gasteiger partial charge in [0, 0.05) is 24.6 Å². The summed E-state index contributed by atoms with van der Waals surface area (Å²) in [6.45, 7) is 7.21. The SMILES string of the molecule is C=CCCOc1cc(C#Cc2nc(C#Cc3cccc(OCCCOC4O[C@H](CO)[C@@H](O)[C@H](O)[C@H]4O)n3)ccc2OCCC=C)nc(C#C[C@@H]2O[C@H](CO)[C@@H](O)[C@H](O)[C@H]2O)c1. The Labute approximate surface area is 352 Å². The smallest absolute Gasteiger partial charge is 0.214 e. The minimum Gasteiger partial charge on any atom is -0.493 e. The Morgan fingerprint density at radius 1 is 0.607 bits per heavy atom. The summed E-state index contributed by atoms with van der Waals surface area (Å²) < 4.78 is 33.9. The Bertz CT molecular complexity index is 2120. The van der Waals surface area contributed by atoms with Crippen LogP contribution < -0.4 is 14.2 Å². The van der Waals surface area contributed by atoms with Crippen molar-refractivity contribution in [3.8, 4) is 52.9 Å². The molecule has 1 unspecified atom stereocenters. The van der Waals surface area contributed by atoms with Gasteiger partial charge in [-0.2, -0.15) is 0 Å². The predicted molar refractivity (Wildman–Crippen MR) is 216 cm³/mol. The number of hydrogen-bond acceptors (Lipinski definition) is 17. The Morgan fingerprint density at radius 3 is 1.95 bits per heavy atom. The highest BCUT2D eigenvalue weighted by atomic mass is 16.7. The molecule has 0 aliphatic carbocycles. The molecule has 324 valence electrons. The van der Waals surface area contributed by atoms with Gasteiger partial charge < -0.3 is 69.3 Å². The molecule has 61 heavy (non-hydrogen) atoms. The fourth-order valence-corrected chi connectivity index (χ4v) is 5.77. The van der Waals surface area contributed by atoms with Crippen LogP contribution in [0.25, 0.3) is 0 Å². The molecule has 10 atom stereocenters. The molecule has 3 aromatic heterocycles. The van der Waals surface area contributed by atoms with Gasteiger partial charge in [-0.25, -0.2) is 15.0 Å². The van der Waals surface area contributed by atoms with Gasteiger partial charge in [0.2, 0.25) is 5.88 Å². The number of hydrogen-bond donors (Lipinski definition) is 8. The number of rotatable bonds is 16. The van der Waals surface area contributed by atoms with Crippen LogP contribution >= 0.6 is 0 Å². The molecule has 17 nitrogen and oxygen atoms in total. The second kappa shape index (κ2) is 23.5. The highest BCUT2D eigenvalue weighted by Crippen LogP contribution is 2.24. The molecule has 0 amide bonds. The first-order chi connectivity index (χ1) is 29.5. The largest absolute Gasteiger partial charge is 0.493 e. The van der Waals surface area contributed by atoms with Crippen LogP contribution in [0.2, 0.25) is 0 Å². The van der Waals surface area contributed by atoms with Crippen LogP contribution in [0.15, 0.2) is 67.8 Å². The molecule has 0 aromatic carbocycles. The summed E-state index contributed by atoms with van der Waals surface area (Å²) in [4.78, 5) is 13.6. The molecule has 2 saturated heterocycles. The lowest BCUT2D eigenvalue weighted by Crippen LogP contribution is -2.59. The van der Waals surface area contributed by atoms with Gasteiger partial charge in [-0.1, -0.05) is 24.1 Å². The van der Waals surface area contributed by atoms with E-state index in [4.69, 9.17) is 28.4 Å². The maximum Gasteiger partial charge on any atom is 0.214 e. The van der Waals surface area contributed by atoms with Crippen molar-refractivity contribution in [3.05, 3.63) is 96.2 Å². The molecule has 5 rings (SSSR count). The second-order valence-electron chi connectivity index (χ2n) is 13.6. The van der Waals surface area contributed by atoms with E-state index in [0.29, 0.717) is 61.2 Å². The van der Waals surface area contributed by atoms with Gasteiger partial charge >= 0.3 is 0 Å². The molecule has 17 heteroatoms. The van der Waals surface area contributed by atoms with Crippen molar-refractivity contribution in [3.63, 3.8) is 0 Å². The van der Waals surface area contributed by atoms with E-state index in [2.05, 4.69) is 63.6 Å². The third kappa shape index (κ3) is 13.3. The fraction of sp³-hybridized carbons (Fsp3) is 0.432. The summed E-state index contributed by atoms with van der Waals surface area (Å²) in [5, 5.41) is 79.7. The standard InChI is InChI=1S/C44H49N3O14/c1-3-5-19-56-31-23-29(45-30(24-31)15-18-34-38(50)41(53)39(51)35(25-48)60-34)13-16-32-33(57-20-6-4-2)17-14-28(46-32)12-11-27-9-7-10-37(47-27)58-21-8-22-59-44-43(55)42(54)40(52)36(26-49)61-44/h3-4,7,9-10,14,17,23-24,34-36,38-44,48-55H,1-2,5-6,8,19-22,25-26H2/t34-,35+,36+,38-,39+,40+,41+,42-,43+,44?/m0/s1. The van der Waals surface area contributed by atoms with E-state index in [0.717, 1.165) is 0 Å². The lowest BCUT2D eigenvalue weighted by Gasteiger charge is -2.39. The molecule has 2 aliphatic heterocycles. The van der Waals surface area contributed by atoms with E-state index in [1.54, 1.807) is 54.6 Å². The predicted octanol–water partition coefficient (Wildman–Crippen LogP) is -0.640. The maximum absolute atomic E-state index is 10.4. The Hall–Kier alpha value is -5.43. The second-order valence-corrected chi connectivity index (χ2v) is 13.6. The van der Waals surface area contributed by atoms with Gasteiger partial charge in [0.15, 0.2) is 17.7 Å². The molecule has 0 radical (unpaired) electrons. The molecule has 2 aliphatic rings. The van der Waals surface area contributed by atoms with Crippen LogP contribution in [0, 0.1) is 35.5 Å². The zero-order valence-electron chi connectivity index (χ0n) is 33.1. The Kier molecular flexibility index (Phi) is 18.0. The van der Waals surface area contributed by atoms with Crippen molar-refractivity contribution in [1.29, 1.82) is 0 Å². The summed E-state index contributed by atoms with van der Waals surface area (Å²) in [5.41, 5.74) is 1.48. The lowest BCUT2D eigenvalue weighted by atomic mass is 9.95. The van der Waals surface area contributed by atoms with Crippen LogP contribution in [0.3, 0.4) is 0 Å². The Balaban J connectivity index is 1.30. The van der Waals surface area contributed by atoms with Crippen LogP contribution in [0.1, 0.15) is 47.7 Å². The van der Waals surface area contributed by atoms with Crippen molar-refractivity contribution in [1.82, 2.24) is 15.0 Å².